The highest BCUT2D eigenvalue weighted by Crippen LogP contribution is 2.40. The molecule has 2 aliphatic rings. The Labute approximate surface area is 336 Å². The van der Waals surface area contributed by atoms with Crippen LogP contribution in [0.3, 0.4) is 0 Å². The summed E-state index contributed by atoms with van der Waals surface area (Å²) in [7, 11) is 2.16. The highest BCUT2D eigenvalue weighted by atomic mass is 35.5. The van der Waals surface area contributed by atoms with Crippen LogP contribution in [0.5, 0.6) is 5.75 Å². The Morgan fingerprint density at radius 2 is 1.95 bits per heavy atom. The number of hydrogen-bond donors (Lipinski definition) is 5. The van der Waals surface area contributed by atoms with Crippen molar-refractivity contribution in [3.05, 3.63) is 107 Å². The van der Waals surface area contributed by atoms with Crippen molar-refractivity contribution in [3.8, 4) is 5.75 Å². The van der Waals surface area contributed by atoms with Crippen LogP contribution < -0.4 is 10.9 Å². The summed E-state index contributed by atoms with van der Waals surface area (Å²) in [5.41, 5.74) is 4.56. The van der Waals surface area contributed by atoms with Gasteiger partial charge in [-0.15, -0.1) is 27.8 Å². The van der Waals surface area contributed by atoms with Gasteiger partial charge in [0.25, 0.3) is 0 Å². The molecule has 8 rings (SSSR count). The summed E-state index contributed by atoms with van der Waals surface area (Å²) in [6.45, 7) is 2.51. The van der Waals surface area contributed by atoms with Crippen LogP contribution in [-0.2, 0) is 41.1 Å². The minimum absolute atomic E-state index is 0.0343. The van der Waals surface area contributed by atoms with Crippen molar-refractivity contribution in [2.75, 3.05) is 20.1 Å². The third kappa shape index (κ3) is 7.63. The van der Waals surface area contributed by atoms with E-state index in [2.05, 4.69) is 43.3 Å². The number of pyridine rings is 1. The zero-order valence-electron chi connectivity index (χ0n) is 31.0. The van der Waals surface area contributed by atoms with Gasteiger partial charge in [-0.1, -0.05) is 28.9 Å². The topological polar surface area (TPSA) is 166 Å². The Morgan fingerprint density at radius 1 is 1.12 bits per heavy atom. The Morgan fingerprint density at radius 3 is 2.71 bits per heavy atom. The highest BCUT2D eigenvalue weighted by molar-refractivity contribution is 7.16. The molecule has 4 aromatic heterocycles. The van der Waals surface area contributed by atoms with Gasteiger partial charge in [0.05, 0.1) is 31.2 Å². The van der Waals surface area contributed by atoms with E-state index in [-0.39, 0.29) is 17.4 Å². The van der Waals surface area contributed by atoms with Crippen LogP contribution in [0.15, 0.2) is 64.8 Å². The number of benzene rings is 2. The van der Waals surface area contributed by atoms with Gasteiger partial charge in [-0.25, -0.2) is 9.48 Å². The molecule has 12 nitrogen and oxygen atoms in total. The van der Waals surface area contributed by atoms with Gasteiger partial charge >= 0.3 is 5.97 Å². The number of carbonyl (C=O) groups excluding carboxylic acids is 1. The van der Waals surface area contributed by atoms with E-state index < -0.39 is 17.7 Å². The number of aliphatic hydroxyl groups is 2. The lowest BCUT2D eigenvalue weighted by molar-refractivity contribution is -0.169. The third-order valence-electron chi connectivity index (χ3n) is 11.4. The number of rotatable bonds is 14. The summed E-state index contributed by atoms with van der Waals surface area (Å²) in [5, 5.41) is 48.0. The third-order valence-corrected chi connectivity index (χ3v) is 13.7. The molecule has 2 atom stereocenters. The molecule has 1 fully saturated rings. The van der Waals surface area contributed by atoms with Gasteiger partial charge < -0.3 is 35.3 Å². The molecule has 4 heterocycles. The second kappa shape index (κ2) is 16.4. The van der Waals surface area contributed by atoms with E-state index in [0.717, 1.165) is 81.1 Å². The van der Waals surface area contributed by atoms with Crippen molar-refractivity contribution in [2.24, 2.45) is 0 Å². The number of aromatic amines is 1. The van der Waals surface area contributed by atoms with Gasteiger partial charge in [-0.3, -0.25) is 4.79 Å². The van der Waals surface area contributed by atoms with E-state index in [0.29, 0.717) is 49.7 Å². The van der Waals surface area contributed by atoms with E-state index in [1.165, 1.54) is 45.9 Å². The average molecular weight is 817 g/mol. The molecular weight excluding hydrogens is 772 g/mol. The summed E-state index contributed by atoms with van der Waals surface area (Å²) < 4.78 is 8.53. The summed E-state index contributed by atoms with van der Waals surface area (Å²) in [6.07, 6.45) is 6.13. The number of esters is 1. The minimum atomic E-state index is -1.87. The Balaban J connectivity index is 0.843. The first-order valence-corrected chi connectivity index (χ1v) is 21.2. The molecule has 2 aromatic carbocycles. The van der Waals surface area contributed by atoms with Crippen LogP contribution in [0.1, 0.15) is 76.6 Å². The number of ether oxygens (including phenoxy) is 1. The summed E-state index contributed by atoms with van der Waals surface area (Å²) in [5.74, 6) is -0.684. The molecular formula is C41H45ClN6O6S2. The maximum atomic E-state index is 13.5. The number of thiophene rings is 2. The van der Waals surface area contributed by atoms with Crippen LogP contribution in [0.4, 0.5) is 0 Å². The number of halogens is 1. The fourth-order valence-corrected chi connectivity index (χ4v) is 10.5. The zero-order valence-corrected chi connectivity index (χ0v) is 33.4. The lowest BCUT2D eigenvalue weighted by atomic mass is 9.91. The van der Waals surface area contributed by atoms with Crippen LogP contribution in [0.2, 0.25) is 4.34 Å². The molecule has 5 N–H and O–H groups in total. The van der Waals surface area contributed by atoms with Crippen molar-refractivity contribution in [3.63, 3.8) is 0 Å². The van der Waals surface area contributed by atoms with E-state index in [9.17, 15) is 24.9 Å². The first kappa shape index (κ1) is 38.7. The SMILES string of the molecule is CN(CCCn1nnc2cc(CNC[C@H](O)c3ccc(O)c4[nH]c(=O)ccc34)c3c(c21)CCC3)C1CCC(OC(=O)[C@](O)(c2cccs2)c2ccc(Cl)s2)CC1. The molecule has 0 radical (unpaired) electrons. The van der Waals surface area contributed by atoms with Crippen molar-refractivity contribution < 1.29 is 24.9 Å². The Bertz CT molecular complexity index is 2400. The van der Waals surface area contributed by atoms with E-state index >= 15 is 0 Å². The summed E-state index contributed by atoms with van der Waals surface area (Å²) in [4.78, 5) is 31.4. The number of H-pyrrole nitrogens is 1. The summed E-state index contributed by atoms with van der Waals surface area (Å²) >= 11 is 8.68. The number of aromatic nitrogens is 4. The number of aryl methyl sites for hydroxylation is 2. The zero-order chi connectivity index (χ0) is 39.0. The Hall–Kier alpha value is -4.15. The predicted molar refractivity (Wildman–Crippen MR) is 218 cm³/mol. The summed E-state index contributed by atoms with van der Waals surface area (Å²) in [6, 6.07) is 15.6. The molecule has 0 unspecified atom stereocenters. The largest absolute Gasteiger partial charge is 0.506 e. The minimum Gasteiger partial charge on any atom is -0.506 e. The van der Waals surface area contributed by atoms with Gasteiger partial charge in [0, 0.05) is 37.1 Å². The van der Waals surface area contributed by atoms with Gasteiger partial charge in [0.2, 0.25) is 11.2 Å². The van der Waals surface area contributed by atoms with Crippen molar-refractivity contribution >= 4 is 62.2 Å². The van der Waals surface area contributed by atoms with E-state index in [4.69, 9.17) is 16.3 Å². The molecule has 0 saturated heterocycles. The fraction of sp³-hybridized carbons (Fsp3) is 0.415. The lowest BCUT2D eigenvalue weighted by Crippen LogP contribution is -2.42. The molecule has 56 heavy (non-hydrogen) atoms. The number of fused-ring (bicyclic) bond motifs is 4. The molecule has 0 aliphatic heterocycles. The fourth-order valence-electron chi connectivity index (χ4n) is 8.47. The number of nitrogens with zero attached hydrogens (tertiary/aromatic N) is 4. The first-order valence-electron chi connectivity index (χ1n) is 19.1. The van der Waals surface area contributed by atoms with Crippen molar-refractivity contribution in [2.45, 2.75) is 88.3 Å². The predicted octanol–water partition coefficient (Wildman–Crippen LogP) is 6.18. The van der Waals surface area contributed by atoms with Gasteiger partial charge in [0.15, 0.2) is 0 Å². The second-order valence-electron chi connectivity index (χ2n) is 14.9. The van der Waals surface area contributed by atoms with Crippen molar-refractivity contribution in [1.82, 2.24) is 30.2 Å². The Kier molecular flexibility index (Phi) is 11.3. The highest BCUT2D eigenvalue weighted by Gasteiger charge is 2.45. The number of hydrogen-bond acceptors (Lipinski definition) is 12. The molecule has 6 aromatic rings. The molecule has 0 bridgehead atoms. The normalized spacial score (nSPS) is 18.7. The number of aliphatic hydroxyl groups excluding tert-OH is 1. The van der Waals surface area contributed by atoms with Crippen molar-refractivity contribution in [1.29, 1.82) is 0 Å². The maximum Gasteiger partial charge on any atom is 0.349 e. The second-order valence-corrected chi connectivity index (χ2v) is 17.6. The van der Waals surface area contributed by atoms with Gasteiger partial charge in [0.1, 0.15) is 17.4 Å². The lowest BCUT2D eigenvalue weighted by Gasteiger charge is -2.35. The van der Waals surface area contributed by atoms with Crippen LogP contribution in [0.25, 0.3) is 21.9 Å². The number of nitrogens with one attached hydrogen (secondary N) is 2. The molecule has 2 aliphatic carbocycles. The smallest absolute Gasteiger partial charge is 0.349 e. The van der Waals surface area contributed by atoms with Crippen LogP contribution in [-0.4, -0.2) is 78.4 Å². The van der Waals surface area contributed by atoms with Gasteiger partial charge in [-0.05, 0) is 129 Å². The maximum absolute atomic E-state index is 13.5. The monoisotopic (exact) mass is 816 g/mol. The van der Waals surface area contributed by atoms with E-state index in [1.54, 1.807) is 30.3 Å². The number of phenolic OH excluding ortho intramolecular Hbond substituents is 1. The molecule has 0 spiro atoms. The van der Waals surface area contributed by atoms with Gasteiger partial charge in [-0.2, -0.15) is 0 Å². The van der Waals surface area contributed by atoms with E-state index in [1.807, 2.05) is 11.4 Å². The first-order chi connectivity index (χ1) is 27.1. The number of carbonyl (C=O) groups is 1. The molecule has 0 amide bonds. The molecule has 294 valence electrons. The quantitative estimate of drug-likeness (QED) is 0.0802. The number of phenols is 1. The van der Waals surface area contributed by atoms with Crippen LogP contribution >= 0.6 is 34.3 Å². The standard InChI is InChI=1S/C41H45ClN6O6S2/c1-47(25-8-10-26(11-9-25)54-40(52)41(53,34-7-3-20-55-34)35-15-16-36(42)56-35)18-4-19-48-39-30-6-2-5-27(30)24(21-31(39)45-46-48)22-43-23-33(50)28-12-14-32(49)38-29(28)13-17-37(51)44-38/h3,7,12-17,20-21,25-26,33,43,49-50,53H,2,4-6,8-11,18-19,22-23H2,1H3,(H,44,51)/t25?,26?,33-,41-/m0/s1. The molecule has 1 saturated carbocycles. The number of aromatic hydroxyl groups is 1. The van der Waals surface area contributed by atoms with Crippen LogP contribution in [0, 0.1) is 0 Å². The average Bonchev–Trinajstić information content (AvgIpc) is 4.03. The molecule has 15 heteroatoms.